The smallest absolute Gasteiger partial charge is 0.136 e. The summed E-state index contributed by atoms with van der Waals surface area (Å²) in [4.78, 5) is 12.1. The number of fused-ring (bicyclic) bond motifs is 5. The van der Waals surface area contributed by atoms with Crippen LogP contribution in [0.3, 0.4) is 0 Å². The molecule has 0 aromatic carbocycles. The monoisotopic (exact) mass is 206 g/mol. The fourth-order valence-corrected chi connectivity index (χ4v) is 4.38. The van der Waals surface area contributed by atoms with Crippen LogP contribution in [0.15, 0.2) is 0 Å². The summed E-state index contributed by atoms with van der Waals surface area (Å²) in [5, 5.41) is 0. The molecule has 5 unspecified atom stereocenters. The summed E-state index contributed by atoms with van der Waals surface area (Å²) in [6.45, 7) is 4.40. The largest absolute Gasteiger partial charge is 0.299 e. The lowest BCUT2D eigenvalue weighted by Crippen LogP contribution is -2.12. The van der Waals surface area contributed by atoms with Crippen LogP contribution in [0.5, 0.6) is 0 Å². The van der Waals surface area contributed by atoms with Crippen molar-refractivity contribution in [1.29, 1.82) is 0 Å². The zero-order valence-corrected chi connectivity index (χ0v) is 9.91. The van der Waals surface area contributed by atoms with Crippen molar-refractivity contribution in [2.24, 2.45) is 35.5 Å². The van der Waals surface area contributed by atoms with Crippen LogP contribution in [0, 0.1) is 35.5 Å². The van der Waals surface area contributed by atoms with Gasteiger partial charge in [-0.25, -0.2) is 0 Å². The average Bonchev–Trinajstić information content (AvgIpc) is 2.68. The van der Waals surface area contributed by atoms with Crippen molar-refractivity contribution < 1.29 is 4.79 Å². The van der Waals surface area contributed by atoms with Crippen LogP contribution in [0.25, 0.3) is 0 Å². The van der Waals surface area contributed by atoms with Gasteiger partial charge in [-0.15, -0.1) is 0 Å². The molecule has 3 aliphatic carbocycles. The molecule has 0 amide bonds. The second-order valence-corrected chi connectivity index (χ2v) is 6.20. The van der Waals surface area contributed by atoms with Crippen LogP contribution >= 0.6 is 0 Å². The van der Waals surface area contributed by atoms with Crippen molar-refractivity contribution in [2.75, 3.05) is 0 Å². The highest BCUT2D eigenvalue weighted by molar-refractivity contribution is 5.85. The van der Waals surface area contributed by atoms with Gasteiger partial charge in [0.2, 0.25) is 0 Å². The van der Waals surface area contributed by atoms with E-state index in [0.717, 1.165) is 36.5 Å². The zero-order chi connectivity index (χ0) is 10.6. The molecule has 0 saturated heterocycles. The molecule has 0 N–H and O–H groups in total. The van der Waals surface area contributed by atoms with E-state index in [1.54, 1.807) is 0 Å². The number of rotatable bonds is 4. The third-order valence-corrected chi connectivity index (χ3v) is 5.35. The third-order valence-electron chi connectivity index (χ3n) is 5.35. The van der Waals surface area contributed by atoms with Gasteiger partial charge in [-0.2, -0.15) is 0 Å². The summed E-state index contributed by atoms with van der Waals surface area (Å²) < 4.78 is 0. The minimum atomic E-state index is 0.519. The van der Waals surface area contributed by atoms with Crippen LogP contribution < -0.4 is 0 Å². The number of hydrogen-bond acceptors (Lipinski definition) is 1. The zero-order valence-electron chi connectivity index (χ0n) is 9.91. The molecular formula is C14H22O. The first kappa shape index (κ1) is 9.86. The molecule has 1 heteroatoms. The van der Waals surface area contributed by atoms with Crippen LogP contribution in [0.2, 0.25) is 0 Å². The van der Waals surface area contributed by atoms with E-state index >= 15 is 0 Å². The standard InChI is InChI=1S/C14H22O/c1-3-8(2)6-11(15)14-12-9-4-5-10(7-9)13(12)14/h8-10,12-14H,3-7H2,1-2H3. The first-order valence-corrected chi connectivity index (χ1v) is 6.75. The SMILES string of the molecule is CCC(C)CC(=O)C1C2C3CCC(C3)C12. The van der Waals surface area contributed by atoms with Gasteiger partial charge in [0.1, 0.15) is 5.78 Å². The van der Waals surface area contributed by atoms with E-state index in [1.165, 1.54) is 19.3 Å². The van der Waals surface area contributed by atoms with E-state index in [-0.39, 0.29) is 0 Å². The van der Waals surface area contributed by atoms with Gasteiger partial charge >= 0.3 is 0 Å². The normalized spacial score (nSPS) is 47.7. The van der Waals surface area contributed by atoms with Gasteiger partial charge in [-0.05, 0) is 48.9 Å². The minimum Gasteiger partial charge on any atom is -0.299 e. The van der Waals surface area contributed by atoms with Crippen LogP contribution in [-0.4, -0.2) is 5.78 Å². The molecule has 0 radical (unpaired) electrons. The first-order chi connectivity index (χ1) is 7.22. The van der Waals surface area contributed by atoms with Crippen molar-refractivity contribution in [3.63, 3.8) is 0 Å². The average molecular weight is 206 g/mol. The maximum atomic E-state index is 12.1. The Morgan fingerprint density at radius 2 is 1.87 bits per heavy atom. The number of ketones is 1. The van der Waals surface area contributed by atoms with Crippen molar-refractivity contribution >= 4 is 5.78 Å². The molecule has 1 nitrogen and oxygen atoms in total. The van der Waals surface area contributed by atoms with Crippen molar-refractivity contribution in [2.45, 2.75) is 46.0 Å². The van der Waals surface area contributed by atoms with E-state index in [0.29, 0.717) is 17.6 Å². The summed E-state index contributed by atoms with van der Waals surface area (Å²) in [6, 6.07) is 0. The highest BCUT2D eigenvalue weighted by atomic mass is 16.1. The molecule has 0 aromatic heterocycles. The fraction of sp³-hybridized carbons (Fsp3) is 0.929. The van der Waals surface area contributed by atoms with Crippen LogP contribution in [0.1, 0.15) is 46.0 Å². The van der Waals surface area contributed by atoms with E-state index < -0.39 is 0 Å². The number of Topliss-reactive ketones (excluding diaryl/α,β-unsaturated/α-hetero) is 1. The Labute approximate surface area is 92.6 Å². The quantitative estimate of drug-likeness (QED) is 0.690. The lowest BCUT2D eigenvalue weighted by Gasteiger charge is -2.10. The molecule has 15 heavy (non-hydrogen) atoms. The minimum absolute atomic E-state index is 0.519. The fourth-order valence-electron chi connectivity index (χ4n) is 4.38. The van der Waals surface area contributed by atoms with Gasteiger partial charge in [-0.1, -0.05) is 20.3 Å². The Morgan fingerprint density at radius 3 is 2.40 bits per heavy atom. The molecule has 5 atom stereocenters. The second-order valence-electron chi connectivity index (χ2n) is 6.20. The summed E-state index contributed by atoms with van der Waals surface area (Å²) >= 11 is 0. The molecule has 3 saturated carbocycles. The Morgan fingerprint density at radius 1 is 1.27 bits per heavy atom. The topological polar surface area (TPSA) is 17.1 Å². The summed E-state index contributed by atoms with van der Waals surface area (Å²) in [7, 11) is 0. The number of carbonyl (C=O) groups excluding carboxylic acids is 1. The predicted molar refractivity (Wildman–Crippen MR) is 60.4 cm³/mol. The van der Waals surface area contributed by atoms with Gasteiger partial charge < -0.3 is 0 Å². The molecular weight excluding hydrogens is 184 g/mol. The Balaban J connectivity index is 1.60. The Hall–Kier alpha value is -0.330. The Kier molecular flexibility index (Phi) is 2.19. The molecule has 3 fully saturated rings. The molecule has 0 heterocycles. The maximum absolute atomic E-state index is 12.1. The summed E-state index contributed by atoms with van der Waals surface area (Å²) in [5.74, 6) is 5.33. The lowest BCUT2D eigenvalue weighted by molar-refractivity contribution is -0.122. The van der Waals surface area contributed by atoms with Gasteiger partial charge in [-0.3, -0.25) is 4.79 Å². The van der Waals surface area contributed by atoms with E-state index in [9.17, 15) is 4.79 Å². The molecule has 0 spiro atoms. The molecule has 3 aliphatic rings. The molecule has 3 rings (SSSR count). The van der Waals surface area contributed by atoms with E-state index in [4.69, 9.17) is 0 Å². The van der Waals surface area contributed by atoms with Crippen molar-refractivity contribution in [3.05, 3.63) is 0 Å². The van der Waals surface area contributed by atoms with Gasteiger partial charge in [0.25, 0.3) is 0 Å². The van der Waals surface area contributed by atoms with Gasteiger partial charge in [0.05, 0.1) is 0 Å². The predicted octanol–water partition coefficient (Wildman–Crippen LogP) is 3.28. The van der Waals surface area contributed by atoms with Crippen molar-refractivity contribution in [1.82, 2.24) is 0 Å². The molecule has 0 aromatic rings. The van der Waals surface area contributed by atoms with E-state index in [1.807, 2.05) is 0 Å². The first-order valence-electron chi connectivity index (χ1n) is 6.75. The molecule has 2 bridgehead atoms. The summed E-state index contributed by atoms with van der Waals surface area (Å²) in [5.41, 5.74) is 0. The number of carbonyl (C=O) groups is 1. The summed E-state index contributed by atoms with van der Waals surface area (Å²) in [6.07, 6.45) is 6.33. The van der Waals surface area contributed by atoms with E-state index in [2.05, 4.69) is 13.8 Å². The maximum Gasteiger partial charge on any atom is 0.136 e. The van der Waals surface area contributed by atoms with Crippen LogP contribution in [0.4, 0.5) is 0 Å². The Bertz CT molecular complexity index is 267. The van der Waals surface area contributed by atoms with Gasteiger partial charge in [0.15, 0.2) is 0 Å². The molecule has 0 aliphatic heterocycles. The lowest BCUT2D eigenvalue weighted by atomic mass is 9.94. The van der Waals surface area contributed by atoms with Crippen molar-refractivity contribution in [3.8, 4) is 0 Å². The third kappa shape index (κ3) is 1.38. The van der Waals surface area contributed by atoms with Crippen LogP contribution in [-0.2, 0) is 4.79 Å². The highest BCUT2D eigenvalue weighted by Gasteiger charge is 2.66. The number of hydrogen-bond donors (Lipinski definition) is 0. The second kappa shape index (κ2) is 3.33. The highest BCUT2D eigenvalue weighted by Crippen LogP contribution is 2.69. The molecule has 84 valence electrons. The van der Waals surface area contributed by atoms with Gasteiger partial charge in [0, 0.05) is 12.3 Å².